The number of hydrogen-bond donors (Lipinski definition) is 2. The first-order valence-electron chi connectivity index (χ1n) is 7.49. The van der Waals surface area contributed by atoms with Gasteiger partial charge in [0.05, 0.1) is 11.8 Å². The fourth-order valence-corrected chi connectivity index (χ4v) is 2.97. The summed E-state index contributed by atoms with van der Waals surface area (Å²) in [6.45, 7) is 7.80. The van der Waals surface area contributed by atoms with E-state index >= 15 is 0 Å². The zero-order valence-electron chi connectivity index (χ0n) is 12.8. The topological polar surface area (TPSA) is 72.9 Å². The van der Waals surface area contributed by atoms with Gasteiger partial charge in [0.1, 0.15) is 0 Å². The number of carbonyl (C=O) groups is 1. The molecule has 1 aliphatic rings. The van der Waals surface area contributed by atoms with Crippen molar-refractivity contribution in [3.63, 3.8) is 0 Å². The van der Waals surface area contributed by atoms with Crippen molar-refractivity contribution in [1.82, 2.24) is 15.1 Å². The Labute approximate surface area is 120 Å². The lowest BCUT2D eigenvalue weighted by atomic mass is 9.87. The molecule has 1 unspecified atom stereocenters. The summed E-state index contributed by atoms with van der Waals surface area (Å²) in [7, 11) is 0. The Balaban J connectivity index is 2.04. The summed E-state index contributed by atoms with van der Waals surface area (Å²) in [6.07, 6.45) is 5.97. The largest absolute Gasteiger partial charge is 0.349 e. The Morgan fingerprint density at radius 3 is 2.95 bits per heavy atom. The van der Waals surface area contributed by atoms with Gasteiger partial charge in [0.15, 0.2) is 0 Å². The Bertz CT molecular complexity index is 478. The standard InChI is InChI=1S/C15H26N4O/c1-11-12(10-17-19(11)9-5-8-16)14(20)18-13-6-4-7-15(13,2)3/h10,13H,4-9,16H2,1-3H3,(H,18,20). The molecule has 5 heteroatoms. The van der Waals surface area contributed by atoms with Crippen molar-refractivity contribution in [1.29, 1.82) is 0 Å². The lowest BCUT2D eigenvalue weighted by Gasteiger charge is -2.27. The molecule has 1 aromatic heterocycles. The molecule has 1 aliphatic carbocycles. The summed E-state index contributed by atoms with van der Waals surface area (Å²) in [4.78, 5) is 12.4. The van der Waals surface area contributed by atoms with E-state index in [4.69, 9.17) is 5.73 Å². The average molecular weight is 278 g/mol. The summed E-state index contributed by atoms with van der Waals surface area (Å²) in [6, 6.07) is 0.266. The number of carbonyl (C=O) groups excluding carboxylic acids is 1. The van der Waals surface area contributed by atoms with E-state index in [1.165, 1.54) is 12.8 Å². The van der Waals surface area contributed by atoms with Gasteiger partial charge in [-0.1, -0.05) is 20.3 Å². The molecule has 2 rings (SSSR count). The van der Waals surface area contributed by atoms with Crippen LogP contribution in [0, 0.1) is 12.3 Å². The lowest BCUT2D eigenvalue weighted by Crippen LogP contribution is -2.41. The highest BCUT2D eigenvalue weighted by Gasteiger charge is 2.35. The molecule has 5 nitrogen and oxygen atoms in total. The molecule has 1 amide bonds. The number of nitrogens with two attached hydrogens (primary N) is 1. The van der Waals surface area contributed by atoms with Gasteiger partial charge in [0.2, 0.25) is 0 Å². The number of hydrogen-bond acceptors (Lipinski definition) is 3. The van der Waals surface area contributed by atoms with Crippen LogP contribution in [-0.2, 0) is 6.54 Å². The van der Waals surface area contributed by atoms with Crippen LogP contribution >= 0.6 is 0 Å². The van der Waals surface area contributed by atoms with Crippen LogP contribution in [0.25, 0.3) is 0 Å². The third-order valence-electron chi connectivity index (χ3n) is 4.48. The molecule has 0 radical (unpaired) electrons. The first kappa shape index (κ1) is 15.0. The second-order valence-electron chi connectivity index (χ2n) is 6.42. The summed E-state index contributed by atoms with van der Waals surface area (Å²) in [5, 5.41) is 7.46. The lowest BCUT2D eigenvalue weighted by molar-refractivity contribution is 0.0909. The molecule has 3 N–H and O–H groups in total. The molecular formula is C15H26N4O. The van der Waals surface area contributed by atoms with Crippen molar-refractivity contribution in [3.05, 3.63) is 17.5 Å². The van der Waals surface area contributed by atoms with E-state index in [-0.39, 0.29) is 17.4 Å². The highest BCUT2D eigenvalue weighted by molar-refractivity contribution is 5.95. The first-order valence-corrected chi connectivity index (χ1v) is 7.49. The van der Waals surface area contributed by atoms with Gasteiger partial charge < -0.3 is 11.1 Å². The third-order valence-corrected chi connectivity index (χ3v) is 4.48. The van der Waals surface area contributed by atoms with Crippen LogP contribution in [0.3, 0.4) is 0 Å². The minimum atomic E-state index is 0.00136. The van der Waals surface area contributed by atoms with E-state index in [0.717, 1.165) is 25.1 Å². The zero-order chi connectivity index (χ0) is 14.8. The Morgan fingerprint density at radius 1 is 1.60 bits per heavy atom. The molecule has 20 heavy (non-hydrogen) atoms. The fourth-order valence-electron chi connectivity index (χ4n) is 2.97. The maximum atomic E-state index is 12.4. The molecule has 1 heterocycles. The Morgan fingerprint density at radius 2 is 2.35 bits per heavy atom. The number of nitrogens with one attached hydrogen (secondary N) is 1. The van der Waals surface area contributed by atoms with E-state index in [9.17, 15) is 4.79 Å². The quantitative estimate of drug-likeness (QED) is 0.863. The number of nitrogens with zero attached hydrogens (tertiary/aromatic N) is 2. The highest BCUT2D eigenvalue weighted by atomic mass is 16.1. The van der Waals surface area contributed by atoms with E-state index in [1.807, 2.05) is 11.6 Å². The minimum Gasteiger partial charge on any atom is -0.349 e. The molecule has 112 valence electrons. The summed E-state index contributed by atoms with van der Waals surface area (Å²) in [5.41, 5.74) is 7.31. The van der Waals surface area contributed by atoms with Crippen molar-refractivity contribution in [2.45, 2.75) is 59.0 Å². The van der Waals surface area contributed by atoms with Gasteiger partial charge in [-0.15, -0.1) is 0 Å². The van der Waals surface area contributed by atoms with Crippen molar-refractivity contribution >= 4 is 5.91 Å². The Hall–Kier alpha value is -1.36. The molecule has 0 aliphatic heterocycles. The normalized spacial score (nSPS) is 21.1. The second kappa shape index (κ2) is 5.95. The van der Waals surface area contributed by atoms with Crippen LogP contribution in [0.5, 0.6) is 0 Å². The van der Waals surface area contributed by atoms with Gasteiger partial charge >= 0.3 is 0 Å². The highest BCUT2D eigenvalue weighted by Crippen LogP contribution is 2.37. The molecular weight excluding hydrogens is 252 g/mol. The predicted octanol–water partition coefficient (Wildman–Crippen LogP) is 1.85. The monoisotopic (exact) mass is 278 g/mol. The fraction of sp³-hybridized carbons (Fsp3) is 0.733. The van der Waals surface area contributed by atoms with Gasteiger partial charge in [0.25, 0.3) is 5.91 Å². The molecule has 0 saturated heterocycles. The van der Waals surface area contributed by atoms with Crippen LogP contribution in [0.2, 0.25) is 0 Å². The zero-order valence-corrected chi connectivity index (χ0v) is 12.8. The number of amides is 1. The molecule has 1 saturated carbocycles. The summed E-state index contributed by atoms with van der Waals surface area (Å²) >= 11 is 0. The van der Waals surface area contributed by atoms with Crippen molar-refractivity contribution in [2.24, 2.45) is 11.1 Å². The number of rotatable bonds is 5. The van der Waals surface area contributed by atoms with E-state index in [1.54, 1.807) is 6.20 Å². The minimum absolute atomic E-state index is 0.00136. The molecule has 0 aromatic carbocycles. The summed E-state index contributed by atoms with van der Waals surface area (Å²) in [5.74, 6) is 0.00136. The van der Waals surface area contributed by atoms with Crippen LogP contribution in [-0.4, -0.2) is 28.3 Å². The molecule has 1 fully saturated rings. The van der Waals surface area contributed by atoms with Gasteiger partial charge in [-0.3, -0.25) is 9.48 Å². The SMILES string of the molecule is Cc1c(C(=O)NC2CCCC2(C)C)cnn1CCCN. The molecule has 0 spiro atoms. The van der Waals surface area contributed by atoms with Gasteiger partial charge in [-0.05, 0) is 38.1 Å². The predicted molar refractivity (Wildman–Crippen MR) is 79.5 cm³/mol. The third kappa shape index (κ3) is 3.03. The van der Waals surface area contributed by atoms with E-state index in [2.05, 4.69) is 24.3 Å². The van der Waals surface area contributed by atoms with Crippen LogP contribution in [0.1, 0.15) is 55.6 Å². The van der Waals surface area contributed by atoms with Gasteiger partial charge in [-0.25, -0.2) is 0 Å². The van der Waals surface area contributed by atoms with Crippen molar-refractivity contribution < 1.29 is 4.79 Å². The van der Waals surface area contributed by atoms with Crippen LogP contribution in [0.15, 0.2) is 6.20 Å². The molecule has 0 bridgehead atoms. The van der Waals surface area contributed by atoms with E-state index in [0.29, 0.717) is 12.1 Å². The number of aryl methyl sites for hydroxylation is 1. The molecule has 1 atom stereocenters. The first-order chi connectivity index (χ1) is 9.45. The van der Waals surface area contributed by atoms with E-state index < -0.39 is 0 Å². The van der Waals surface area contributed by atoms with Crippen molar-refractivity contribution in [3.8, 4) is 0 Å². The second-order valence-corrected chi connectivity index (χ2v) is 6.42. The summed E-state index contributed by atoms with van der Waals surface area (Å²) < 4.78 is 1.86. The van der Waals surface area contributed by atoms with Crippen molar-refractivity contribution in [2.75, 3.05) is 6.54 Å². The van der Waals surface area contributed by atoms with Gasteiger partial charge in [-0.2, -0.15) is 5.10 Å². The number of aromatic nitrogens is 2. The van der Waals surface area contributed by atoms with Gasteiger partial charge in [0, 0.05) is 18.3 Å². The van der Waals surface area contributed by atoms with Crippen LogP contribution < -0.4 is 11.1 Å². The van der Waals surface area contributed by atoms with Crippen LogP contribution in [0.4, 0.5) is 0 Å². The average Bonchev–Trinajstić information content (AvgIpc) is 2.91. The Kier molecular flexibility index (Phi) is 4.48. The maximum absolute atomic E-state index is 12.4. The smallest absolute Gasteiger partial charge is 0.254 e. The maximum Gasteiger partial charge on any atom is 0.254 e. The molecule has 1 aromatic rings.